The first-order valence-electron chi connectivity index (χ1n) is 10.6. The second-order valence-corrected chi connectivity index (χ2v) is 10.3. The molecule has 6 nitrogen and oxygen atoms in total. The molecule has 0 aliphatic carbocycles. The van der Waals surface area contributed by atoms with Gasteiger partial charge in [0.05, 0.1) is 6.26 Å². The predicted molar refractivity (Wildman–Crippen MR) is 116 cm³/mol. The van der Waals surface area contributed by atoms with Gasteiger partial charge in [-0.05, 0) is 74.1 Å². The zero-order chi connectivity index (χ0) is 22.0. The number of benzene rings is 2. The van der Waals surface area contributed by atoms with Crippen molar-refractivity contribution in [3.8, 4) is 11.5 Å². The highest BCUT2D eigenvalue weighted by molar-refractivity contribution is 7.88. The van der Waals surface area contributed by atoms with Crippen molar-refractivity contribution in [2.24, 2.45) is 0 Å². The van der Waals surface area contributed by atoms with E-state index < -0.39 is 10.0 Å². The van der Waals surface area contributed by atoms with E-state index in [0.717, 1.165) is 18.4 Å². The monoisotopic (exact) mass is 446 g/mol. The van der Waals surface area contributed by atoms with Gasteiger partial charge in [-0.15, -0.1) is 0 Å². The third-order valence-corrected chi connectivity index (χ3v) is 7.36. The molecule has 4 rings (SSSR count). The van der Waals surface area contributed by atoms with Crippen LogP contribution in [0.2, 0.25) is 0 Å². The normalized spacial score (nSPS) is 23.5. The number of amides is 1. The topological polar surface area (TPSA) is 75.7 Å². The Hall–Kier alpha value is -2.45. The fraction of sp³-hybridized carbons (Fsp3) is 0.435. The zero-order valence-corrected chi connectivity index (χ0v) is 18.3. The van der Waals surface area contributed by atoms with Crippen molar-refractivity contribution in [2.75, 3.05) is 6.26 Å². The van der Waals surface area contributed by atoms with Gasteiger partial charge in [0, 0.05) is 24.5 Å². The lowest BCUT2D eigenvalue weighted by Gasteiger charge is -2.37. The quantitative estimate of drug-likeness (QED) is 0.705. The van der Waals surface area contributed by atoms with Gasteiger partial charge in [0.1, 0.15) is 17.3 Å². The maximum atomic E-state index is 13.0. The number of hydrogen-bond acceptors (Lipinski definition) is 4. The third kappa shape index (κ3) is 5.43. The Kier molecular flexibility index (Phi) is 6.29. The highest BCUT2D eigenvalue weighted by Gasteiger charge is 2.45. The number of rotatable bonds is 7. The summed E-state index contributed by atoms with van der Waals surface area (Å²) >= 11 is 0. The Balaban J connectivity index is 1.28. The number of piperidine rings is 1. The van der Waals surface area contributed by atoms with Crippen molar-refractivity contribution in [1.82, 2.24) is 9.62 Å². The standard InChI is InChI=1S/C23H27FN2O4S/c1-31(28,29)26-19-8-9-20(26)15-18(14-19)25-23(27)12-5-16-3-2-4-22(13-16)30-21-10-6-17(24)7-11-21/h2-4,6-7,10-11,13,18-20H,5,8-9,12,14-15H2,1H3,(H,25,27). The van der Waals surface area contributed by atoms with Gasteiger partial charge in [-0.3, -0.25) is 4.79 Å². The van der Waals surface area contributed by atoms with Gasteiger partial charge in [0.15, 0.2) is 0 Å². The Bertz CT molecular complexity index is 1030. The van der Waals surface area contributed by atoms with Crippen LogP contribution in [0.3, 0.4) is 0 Å². The van der Waals surface area contributed by atoms with E-state index in [9.17, 15) is 17.6 Å². The fourth-order valence-electron chi connectivity index (χ4n) is 4.75. The maximum Gasteiger partial charge on any atom is 0.220 e. The van der Waals surface area contributed by atoms with Crippen LogP contribution in [0.1, 0.15) is 37.7 Å². The van der Waals surface area contributed by atoms with E-state index >= 15 is 0 Å². The summed E-state index contributed by atoms with van der Waals surface area (Å²) in [6, 6.07) is 13.3. The molecule has 31 heavy (non-hydrogen) atoms. The van der Waals surface area contributed by atoms with Gasteiger partial charge >= 0.3 is 0 Å². The summed E-state index contributed by atoms with van der Waals surface area (Å²) in [5.74, 6) is 0.838. The number of carbonyl (C=O) groups is 1. The first-order valence-corrected chi connectivity index (χ1v) is 12.4. The largest absolute Gasteiger partial charge is 0.457 e. The van der Waals surface area contributed by atoms with Crippen LogP contribution < -0.4 is 10.1 Å². The van der Waals surface area contributed by atoms with Crippen molar-refractivity contribution in [1.29, 1.82) is 0 Å². The summed E-state index contributed by atoms with van der Waals surface area (Å²) in [4.78, 5) is 12.5. The van der Waals surface area contributed by atoms with E-state index in [1.165, 1.54) is 18.4 Å². The molecule has 2 saturated heterocycles. The molecule has 1 amide bonds. The molecular formula is C23H27FN2O4S. The Labute approximate surface area is 182 Å². The van der Waals surface area contributed by atoms with E-state index in [4.69, 9.17) is 4.74 Å². The van der Waals surface area contributed by atoms with Gasteiger partial charge in [0.25, 0.3) is 0 Å². The van der Waals surface area contributed by atoms with Crippen LogP contribution in [0.5, 0.6) is 11.5 Å². The first kappa shape index (κ1) is 21.8. The predicted octanol–water partition coefficient (Wildman–Crippen LogP) is 3.62. The number of sulfonamides is 1. The maximum absolute atomic E-state index is 13.0. The van der Waals surface area contributed by atoms with E-state index in [0.29, 0.717) is 37.2 Å². The molecule has 2 aliphatic rings. The van der Waals surface area contributed by atoms with Crippen molar-refractivity contribution in [3.05, 3.63) is 59.9 Å². The van der Waals surface area contributed by atoms with Gasteiger partial charge in [-0.25, -0.2) is 12.8 Å². The molecule has 1 N–H and O–H groups in total. The number of hydrogen-bond donors (Lipinski definition) is 1. The molecule has 2 heterocycles. The minimum atomic E-state index is -3.20. The van der Waals surface area contributed by atoms with E-state index in [1.54, 1.807) is 16.4 Å². The second kappa shape index (κ2) is 8.96. The van der Waals surface area contributed by atoms with E-state index in [1.807, 2.05) is 24.3 Å². The molecule has 2 aliphatic heterocycles. The molecule has 0 spiro atoms. The molecule has 2 aromatic rings. The number of nitrogens with one attached hydrogen (secondary N) is 1. The molecular weight excluding hydrogens is 419 g/mol. The molecule has 0 saturated carbocycles. The summed E-state index contributed by atoms with van der Waals surface area (Å²) < 4.78 is 44.4. The lowest BCUT2D eigenvalue weighted by molar-refractivity contribution is -0.122. The van der Waals surface area contributed by atoms with Crippen LogP contribution in [0.25, 0.3) is 0 Å². The molecule has 166 valence electrons. The molecule has 8 heteroatoms. The number of fused-ring (bicyclic) bond motifs is 2. The number of carbonyl (C=O) groups excluding carboxylic acids is 1. The number of ether oxygens (including phenoxy) is 1. The second-order valence-electron chi connectivity index (χ2n) is 8.42. The Morgan fingerprint density at radius 1 is 1.10 bits per heavy atom. The molecule has 2 fully saturated rings. The van der Waals surface area contributed by atoms with Gasteiger partial charge in [-0.1, -0.05) is 12.1 Å². The highest BCUT2D eigenvalue weighted by atomic mass is 32.2. The van der Waals surface area contributed by atoms with Crippen molar-refractivity contribution in [2.45, 2.75) is 56.7 Å². The van der Waals surface area contributed by atoms with Crippen LogP contribution >= 0.6 is 0 Å². The molecule has 2 atom stereocenters. The molecule has 2 bridgehead atoms. The average molecular weight is 447 g/mol. The smallest absolute Gasteiger partial charge is 0.220 e. The summed E-state index contributed by atoms with van der Waals surface area (Å²) in [6.07, 6.45) is 5.27. The number of aryl methyl sites for hydroxylation is 1. The minimum absolute atomic E-state index is 0.000609. The SMILES string of the molecule is CS(=O)(=O)N1C2CCC1CC(NC(=O)CCc1cccc(Oc3ccc(F)cc3)c1)C2. The van der Waals surface area contributed by atoms with Crippen molar-refractivity contribution < 1.29 is 22.3 Å². The molecule has 2 aromatic carbocycles. The van der Waals surface area contributed by atoms with Gasteiger partial charge < -0.3 is 10.1 Å². The van der Waals surface area contributed by atoms with Crippen LogP contribution in [0, 0.1) is 5.82 Å². The molecule has 2 unspecified atom stereocenters. The van der Waals surface area contributed by atoms with Crippen LogP contribution in [0.4, 0.5) is 4.39 Å². The summed E-state index contributed by atoms with van der Waals surface area (Å²) in [7, 11) is -3.20. The number of halogens is 1. The van der Waals surface area contributed by atoms with Crippen LogP contribution in [-0.4, -0.2) is 43.0 Å². The van der Waals surface area contributed by atoms with Crippen molar-refractivity contribution >= 4 is 15.9 Å². The lowest BCUT2D eigenvalue weighted by atomic mass is 9.99. The average Bonchev–Trinajstić information content (AvgIpc) is 3.01. The summed E-state index contributed by atoms with van der Waals surface area (Å²) in [6.45, 7) is 0. The van der Waals surface area contributed by atoms with Crippen LogP contribution in [-0.2, 0) is 21.2 Å². The zero-order valence-electron chi connectivity index (χ0n) is 17.5. The number of nitrogens with zero attached hydrogens (tertiary/aromatic N) is 1. The Morgan fingerprint density at radius 2 is 1.77 bits per heavy atom. The van der Waals surface area contributed by atoms with E-state index in [2.05, 4.69) is 5.32 Å². The molecule has 0 aromatic heterocycles. The summed E-state index contributed by atoms with van der Waals surface area (Å²) in [5, 5.41) is 3.09. The fourth-order valence-corrected chi connectivity index (χ4v) is 6.22. The summed E-state index contributed by atoms with van der Waals surface area (Å²) in [5.41, 5.74) is 0.974. The first-order chi connectivity index (χ1) is 14.8. The molecule has 0 radical (unpaired) electrons. The van der Waals surface area contributed by atoms with Gasteiger partial charge in [-0.2, -0.15) is 4.31 Å². The Morgan fingerprint density at radius 3 is 2.42 bits per heavy atom. The van der Waals surface area contributed by atoms with E-state index in [-0.39, 0.29) is 29.8 Å². The van der Waals surface area contributed by atoms with Gasteiger partial charge in [0.2, 0.25) is 15.9 Å². The minimum Gasteiger partial charge on any atom is -0.457 e. The van der Waals surface area contributed by atoms with Crippen molar-refractivity contribution in [3.63, 3.8) is 0 Å². The highest BCUT2D eigenvalue weighted by Crippen LogP contribution is 2.37. The van der Waals surface area contributed by atoms with Crippen LogP contribution in [0.15, 0.2) is 48.5 Å². The lowest BCUT2D eigenvalue weighted by Crippen LogP contribution is -2.52. The third-order valence-electron chi connectivity index (χ3n) is 6.00.